The first kappa shape index (κ1) is 15.4. The van der Waals surface area contributed by atoms with Gasteiger partial charge in [-0.2, -0.15) is 0 Å². The number of aliphatic carboxylic acids is 1. The van der Waals surface area contributed by atoms with Crippen molar-refractivity contribution in [2.45, 2.75) is 38.6 Å². The number of benzene rings is 1. The number of carboxylic acids is 1. The molecule has 1 amide bonds. The summed E-state index contributed by atoms with van der Waals surface area (Å²) in [6.45, 7) is 1.71. The van der Waals surface area contributed by atoms with Gasteiger partial charge < -0.3 is 15.2 Å². The molecule has 0 bridgehead atoms. The summed E-state index contributed by atoms with van der Waals surface area (Å²) in [5.74, 6) is -0.651. The molecule has 0 heterocycles. The Morgan fingerprint density at radius 2 is 2.05 bits per heavy atom. The summed E-state index contributed by atoms with van der Waals surface area (Å²) in [7, 11) is 1.51. The molecule has 1 aromatic rings. The van der Waals surface area contributed by atoms with Gasteiger partial charge in [0, 0.05) is 6.04 Å². The third-order valence-corrected chi connectivity index (χ3v) is 4.35. The molecular formula is C16H21NO4. The highest BCUT2D eigenvalue weighted by Crippen LogP contribution is 2.36. The van der Waals surface area contributed by atoms with Gasteiger partial charge in [-0.25, -0.2) is 0 Å². The van der Waals surface area contributed by atoms with E-state index < -0.39 is 11.4 Å². The van der Waals surface area contributed by atoms with Gasteiger partial charge in [-0.05, 0) is 31.9 Å². The molecule has 1 aliphatic rings. The Morgan fingerprint density at radius 1 is 1.33 bits per heavy atom. The predicted molar refractivity (Wildman–Crippen MR) is 78.5 cm³/mol. The molecule has 1 aromatic carbocycles. The van der Waals surface area contributed by atoms with Crippen LogP contribution in [0.15, 0.2) is 24.3 Å². The lowest BCUT2D eigenvalue weighted by atomic mass is 9.71. The van der Waals surface area contributed by atoms with Crippen molar-refractivity contribution in [1.29, 1.82) is 0 Å². The number of para-hydroxylation sites is 1. The van der Waals surface area contributed by atoms with Gasteiger partial charge in [0.15, 0.2) is 0 Å². The fourth-order valence-corrected chi connectivity index (χ4v) is 2.89. The first-order chi connectivity index (χ1) is 9.99. The van der Waals surface area contributed by atoms with Gasteiger partial charge >= 0.3 is 5.97 Å². The van der Waals surface area contributed by atoms with E-state index in [1.165, 1.54) is 7.11 Å². The van der Waals surface area contributed by atoms with Gasteiger partial charge in [-0.1, -0.05) is 25.0 Å². The molecule has 5 nitrogen and oxygen atoms in total. The predicted octanol–water partition coefficient (Wildman–Crippen LogP) is 2.46. The summed E-state index contributed by atoms with van der Waals surface area (Å²) < 4.78 is 5.18. The molecule has 21 heavy (non-hydrogen) atoms. The van der Waals surface area contributed by atoms with Crippen LogP contribution in [-0.2, 0) is 4.79 Å². The highest BCUT2D eigenvalue weighted by molar-refractivity contribution is 5.97. The van der Waals surface area contributed by atoms with E-state index in [2.05, 4.69) is 5.32 Å². The molecule has 0 saturated heterocycles. The average molecular weight is 291 g/mol. The summed E-state index contributed by atoms with van der Waals surface area (Å²) >= 11 is 0. The number of carbonyl (C=O) groups is 2. The Morgan fingerprint density at radius 3 is 2.71 bits per heavy atom. The maximum Gasteiger partial charge on any atom is 0.311 e. The van der Waals surface area contributed by atoms with Gasteiger partial charge in [0.2, 0.25) is 0 Å². The standard InChI is InChI=1S/C16H21NO4/c1-16(15(19)20)10-6-5-9-13(16)17-14(18)11-7-3-4-8-12(11)21-2/h3-4,7-8,13H,5-6,9-10H2,1-2H3,(H,17,18)(H,19,20). The van der Waals surface area contributed by atoms with Crippen LogP contribution in [-0.4, -0.2) is 30.1 Å². The first-order valence-electron chi connectivity index (χ1n) is 7.16. The number of hydrogen-bond donors (Lipinski definition) is 2. The van der Waals surface area contributed by atoms with Gasteiger partial charge in [-0.15, -0.1) is 0 Å². The van der Waals surface area contributed by atoms with E-state index in [-0.39, 0.29) is 11.9 Å². The number of carbonyl (C=O) groups excluding carboxylic acids is 1. The fourth-order valence-electron chi connectivity index (χ4n) is 2.89. The van der Waals surface area contributed by atoms with Crippen LogP contribution in [0.1, 0.15) is 43.0 Å². The van der Waals surface area contributed by atoms with Crippen LogP contribution in [0.5, 0.6) is 5.75 Å². The number of methoxy groups -OCH3 is 1. The molecule has 2 N–H and O–H groups in total. The Labute approximate surface area is 124 Å². The van der Waals surface area contributed by atoms with Crippen molar-refractivity contribution < 1.29 is 19.4 Å². The fraction of sp³-hybridized carbons (Fsp3) is 0.500. The van der Waals surface area contributed by atoms with E-state index in [0.29, 0.717) is 24.2 Å². The van der Waals surface area contributed by atoms with E-state index >= 15 is 0 Å². The number of ether oxygens (including phenoxy) is 1. The second-order valence-corrected chi connectivity index (χ2v) is 5.69. The largest absolute Gasteiger partial charge is 0.496 e. The number of nitrogens with one attached hydrogen (secondary N) is 1. The van der Waals surface area contributed by atoms with Crippen LogP contribution in [0, 0.1) is 5.41 Å². The molecule has 2 unspecified atom stereocenters. The minimum Gasteiger partial charge on any atom is -0.496 e. The van der Waals surface area contributed by atoms with Crippen LogP contribution in [0.4, 0.5) is 0 Å². The number of rotatable bonds is 4. The van der Waals surface area contributed by atoms with Crippen LogP contribution in [0.3, 0.4) is 0 Å². The highest BCUT2D eigenvalue weighted by atomic mass is 16.5. The molecular weight excluding hydrogens is 270 g/mol. The van der Waals surface area contributed by atoms with E-state index in [1.807, 2.05) is 0 Å². The van der Waals surface area contributed by atoms with Gasteiger partial charge in [0.25, 0.3) is 5.91 Å². The van der Waals surface area contributed by atoms with E-state index in [9.17, 15) is 14.7 Å². The van der Waals surface area contributed by atoms with Crippen molar-refractivity contribution in [3.63, 3.8) is 0 Å². The minimum atomic E-state index is -0.907. The lowest BCUT2D eigenvalue weighted by molar-refractivity contribution is -0.151. The third-order valence-electron chi connectivity index (χ3n) is 4.35. The van der Waals surface area contributed by atoms with Gasteiger partial charge in [0.05, 0.1) is 18.1 Å². The smallest absolute Gasteiger partial charge is 0.311 e. The van der Waals surface area contributed by atoms with Crippen LogP contribution >= 0.6 is 0 Å². The van der Waals surface area contributed by atoms with Gasteiger partial charge in [-0.3, -0.25) is 9.59 Å². The van der Waals surface area contributed by atoms with Crippen LogP contribution < -0.4 is 10.1 Å². The maximum absolute atomic E-state index is 12.4. The molecule has 0 aliphatic heterocycles. The molecule has 5 heteroatoms. The lowest BCUT2D eigenvalue weighted by Gasteiger charge is -2.38. The van der Waals surface area contributed by atoms with E-state index in [1.54, 1.807) is 31.2 Å². The second kappa shape index (κ2) is 6.16. The third kappa shape index (κ3) is 3.01. The van der Waals surface area contributed by atoms with Crippen molar-refractivity contribution in [1.82, 2.24) is 5.32 Å². The number of carboxylic acid groups (broad SMARTS) is 1. The lowest BCUT2D eigenvalue weighted by Crippen LogP contribution is -2.52. The summed E-state index contributed by atoms with van der Waals surface area (Å²) in [6, 6.07) is 6.58. The second-order valence-electron chi connectivity index (χ2n) is 5.69. The molecule has 0 aromatic heterocycles. The van der Waals surface area contributed by atoms with Gasteiger partial charge in [0.1, 0.15) is 5.75 Å². The van der Waals surface area contributed by atoms with Crippen LogP contribution in [0.25, 0.3) is 0 Å². The van der Waals surface area contributed by atoms with Crippen molar-refractivity contribution in [3.8, 4) is 5.75 Å². The number of amides is 1. The zero-order valence-electron chi connectivity index (χ0n) is 12.4. The molecule has 1 saturated carbocycles. The van der Waals surface area contributed by atoms with Crippen molar-refractivity contribution in [3.05, 3.63) is 29.8 Å². The average Bonchev–Trinajstić information content (AvgIpc) is 2.49. The van der Waals surface area contributed by atoms with Crippen molar-refractivity contribution >= 4 is 11.9 Å². The van der Waals surface area contributed by atoms with E-state index in [0.717, 1.165) is 12.8 Å². The quantitative estimate of drug-likeness (QED) is 0.893. The Balaban J connectivity index is 2.19. The molecule has 0 spiro atoms. The molecule has 2 atom stereocenters. The summed E-state index contributed by atoms with van der Waals surface area (Å²) in [4.78, 5) is 24.0. The zero-order chi connectivity index (χ0) is 15.5. The van der Waals surface area contributed by atoms with Crippen LogP contribution in [0.2, 0.25) is 0 Å². The minimum absolute atomic E-state index is 0.285. The Kier molecular flexibility index (Phi) is 4.50. The Hall–Kier alpha value is -2.04. The topological polar surface area (TPSA) is 75.6 Å². The molecule has 2 rings (SSSR count). The zero-order valence-corrected chi connectivity index (χ0v) is 12.4. The van der Waals surface area contributed by atoms with Crippen molar-refractivity contribution in [2.75, 3.05) is 7.11 Å². The molecule has 1 aliphatic carbocycles. The normalized spacial score (nSPS) is 25.1. The highest BCUT2D eigenvalue weighted by Gasteiger charge is 2.44. The summed E-state index contributed by atoms with van der Waals surface area (Å²) in [5, 5.41) is 12.4. The summed E-state index contributed by atoms with van der Waals surface area (Å²) in [5.41, 5.74) is -0.478. The SMILES string of the molecule is COc1ccccc1C(=O)NC1CCCCC1(C)C(=O)O. The summed E-state index contributed by atoms with van der Waals surface area (Å²) in [6.07, 6.45) is 3.08. The molecule has 114 valence electrons. The van der Waals surface area contributed by atoms with Crippen molar-refractivity contribution in [2.24, 2.45) is 5.41 Å². The number of hydrogen-bond acceptors (Lipinski definition) is 3. The monoisotopic (exact) mass is 291 g/mol. The first-order valence-corrected chi connectivity index (χ1v) is 7.16. The maximum atomic E-state index is 12.4. The molecule has 1 fully saturated rings. The Bertz CT molecular complexity index is 543. The molecule has 0 radical (unpaired) electrons. The van der Waals surface area contributed by atoms with E-state index in [4.69, 9.17) is 4.74 Å².